The fraction of sp³-hybridized carbons (Fsp3) is 0.357. The van der Waals surface area contributed by atoms with Gasteiger partial charge in [0.25, 0.3) is 5.91 Å². The van der Waals surface area contributed by atoms with E-state index in [4.69, 9.17) is 0 Å². The van der Waals surface area contributed by atoms with Crippen molar-refractivity contribution in [1.29, 1.82) is 0 Å². The zero-order valence-electron chi connectivity index (χ0n) is 11.7. The van der Waals surface area contributed by atoms with Crippen LogP contribution >= 0.6 is 23.1 Å². The molecule has 0 aliphatic rings. The van der Waals surface area contributed by atoms with Gasteiger partial charge in [-0.2, -0.15) is 0 Å². The molecule has 1 aromatic carbocycles. The number of thioether (sulfide) groups is 1. The van der Waals surface area contributed by atoms with Gasteiger partial charge in [0.15, 0.2) is 4.34 Å². The van der Waals surface area contributed by atoms with Crippen LogP contribution in [-0.2, 0) is 0 Å². The highest BCUT2D eigenvalue weighted by atomic mass is 32.2. The maximum absolute atomic E-state index is 12.0. The maximum Gasteiger partial charge on any atom is 0.257 e. The number of anilines is 1. The summed E-state index contributed by atoms with van der Waals surface area (Å²) in [5.74, 6) is -0.152. The van der Waals surface area contributed by atoms with E-state index in [2.05, 4.69) is 29.4 Å². The average molecular weight is 307 g/mol. The van der Waals surface area contributed by atoms with Gasteiger partial charge >= 0.3 is 0 Å². The lowest BCUT2D eigenvalue weighted by atomic mass is 10.1. The molecule has 106 valence electrons. The van der Waals surface area contributed by atoms with Crippen LogP contribution in [0, 0.1) is 6.92 Å². The Bertz CT molecular complexity index is 580. The van der Waals surface area contributed by atoms with E-state index >= 15 is 0 Å². The first-order valence-electron chi connectivity index (χ1n) is 6.46. The lowest BCUT2D eigenvalue weighted by Crippen LogP contribution is -2.11. The molecule has 2 rings (SSSR count). The molecule has 0 fully saturated rings. The fourth-order valence-corrected chi connectivity index (χ4v) is 3.43. The summed E-state index contributed by atoms with van der Waals surface area (Å²) < 4.78 is 0.888. The van der Waals surface area contributed by atoms with E-state index in [-0.39, 0.29) is 5.91 Å². The second kappa shape index (κ2) is 6.85. The van der Waals surface area contributed by atoms with E-state index in [9.17, 15) is 4.79 Å². The van der Waals surface area contributed by atoms with Crippen LogP contribution < -0.4 is 5.32 Å². The summed E-state index contributed by atoms with van der Waals surface area (Å²) in [6, 6.07) is 7.44. The molecule has 1 amide bonds. The predicted octanol–water partition coefficient (Wildman–Crippen LogP) is 3.99. The minimum Gasteiger partial charge on any atom is -0.296 e. The molecule has 20 heavy (non-hydrogen) atoms. The van der Waals surface area contributed by atoms with Crippen LogP contribution in [-0.4, -0.2) is 21.4 Å². The maximum atomic E-state index is 12.0. The van der Waals surface area contributed by atoms with Crippen molar-refractivity contribution in [2.24, 2.45) is 0 Å². The molecule has 0 saturated heterocycles. The highest BCUT2D eigenvalue weighted by Crippen LogP contribution is 2.30. The summed E-state index contributed by atoms with van der Waals surface area (Å²) in [6.07, 6.45) is 1.08. The Labute approximate surface area is 127 Å². The number of hydrogen-bond acceptors (Lipinski definition) is 5. The highest BCUT2D eigenvalue weighted by Gasteiger charge is 2.11. The molecule has 1 N–H and O–H groups in total. The molecule has 0 bridgehead atoms. The molecule has 1 unspecified atom stereocenters. The van der Waals surface area contributed by atoms with Crippen molar-refractivity contribution in [2.75, 3.05) is 5.32 Å². The van der Waals surface area contributed by atoms with Crippen molar-refractivity contribution in [3.8, 4) is 0 Å². The molecule has 0 aliphatic carbocycles. The van der Waals surface area contributed by atoms with Gasteiger partial charge in [0.1, 0.15) is 0 Å². The Morgan fingerprint density at radius 3 is 2.70 bits per heavy atom. The molecule has 1 heterocycles. The number of amides is 1. The number of carbonyl (C=O) groups is 1. The molecule has 0 radical (unpaired) electrons. The summed E-state index contributed by atoms with van der Waals surface area (Å²) in [7, 11) is 0. The van der Waals surface area contributed by atoms with E-state index in [0.29, 0.717) is 15.9 Å². The molecule has 0 aliphatic heterocycles. The molecule has 6 heteroatoms. The van der Waals surface area contributed by atoms with Gasteiger partial charge in [0.2, 0.25) is 5.13 Å². The Balaban J connectivity index is 1.99. The van der Waals surface area contributed by atoms with E-state index in [0.717, 1.165) is 16.3 Å². The Morgan fingerprint density at radius 2 is 2.05 bits per heavy atom. The molecular weight excluding hydrogens is 290 g/mol. The highest BCUT2D eigenvalue weighted by molar-refractivity contribution is 8.01. The summed E-state index contributed by atoms with van der Waals surface area (Å²) in [5.41, 5.74) is 1.76. The normalized spacial score (nSPS) is 12.2. The van der Waals surface area contributed by atoms with E-state index in [1.165, 1.54) is 11.3 Å². The van der Waals surface area contributed by atoms with Crippen molar-refractivity contribution < 1.29 is 4.79 Å². The van der Waals surface area contributed by atoms with Gasteiger partial charge in [-0.3, -0.25) is 10.1 Å². The van der Waals surface area contributed by atoms with Crippen LogP contribution in [0.15, 0.2) is 28.6 Å². The summed E-state index contributed by atoms with van der Waals surface area (Å²) in [4.78, 5) is 12.0. The second-order valence-electron chi connectivity index (χ2n) is 4.53. The number of rotatable bonds is 5. The molecule has 1 atom stereocenters. The number of aryl methyl sites for hydroxylation is 1. The number of aromatic nitrogens is 2. The van der Waals surface area contributed by atoms with Gasteiger partial charge in [-0.05, 0) is 25.5 Å². The molecule has 4 nitrogen and oxygen atoms in total. The van der Waals surface area contributed by atoms with Crippen LogP contribution in [0.5, 0.6) is 0 Å². The monoisotopic (exact) mass is 307 g/mol. The minimum absolute atomic E-state index is 0.152. The number of benzene rings is 1. The van der Waals surface area contributed by atoms with Gasteiger partial charge in [-0.25, -0.2) is 0 Å². The van der Waals surface area contributed by atoms with Gasteiger partial charge in [0, 0.05) is 10.8 Å². The molecule has 2 aromatic rings. The van der Waals surface area contributed by atoms with Gasteiger partial charge in [-0.15, -0.1) is 10.2 Å². The first-order valence-corrected chi connectivity index (χ1v) is 8.16. The molecule has 1 aromatic heterocycles. The third-order valence-corrected chi connectivity index (χ3v) is 5.01. The largest absolute Gasteiger partial charge is 0.296 e. The summed E-state index contributed by atoms with van der Waals surface area (Å²) >= 11 is 3.09. The number of nitrogens with zero attached hydrogens (tertiary/aromatic N) is 2. The van der Waals surface area contributed by atoms with Crippen LogP contribution in [0.3, 0.4) is 0 Å². The molecule has 0 saturated carbocycles. The Hall–Kier alpha value is -1.40. The van der Waals surface area contributed by atoms with Crippen molar-refractivity contribution >= 4 is 34.1 Å². The summed E-state index contributed by atoms with van der Waals surface area (Å²) in [5, 5.41) is 11.9. The Kier molecular flexibility index (Phi) is 5.14. The molecular formula is C14H17N3OS2. The fourth-order valence-electron chi connectivity index (χ4n) is 1.44. The first-order chi connectivity index (χ1) is 9.58. The van der Waals surface area contributed by atoms with Crippen molar-refractivity contribution in [1.82, 2.24) is 10.2 Å². The number of carbonyl (C=O) groups excluding carboxylic acids is 1. The molecule has 0 spiro atoms. The Morgan fingerprint density at radius 1 is 1.35 bits per heavy atom. The SMILES string of the molecule is CCC(C)Sc1nnc(NC(=O)c2ccc(C)cc2)s1. The quantitative estimate of drug-likeness (QED) is 0.670. The second-order valence-corrected chi connectivity index (χ2v) is 7.19. The minimum atomic E-state index is -0.152. The van der Waals surface area contributed by atoms with Gasteiger partial charge in [0.05, 0.1) is 0 Å². The number of hydrogen-bond donors (Lipinski definition) is 1. The van der Waals surface area contributed by atoms with Gasteiger partial charge < -0.3 is 0 Å². The van der Waals surface area contributed by atoms with Crippen LogP contribution in [0.1, 0.15) is 36.2 Å². The lowest BCUT2D eigenvalue weighted by Gasteiger charge is -2.03. The third kappa shape index (κ3) is 4.05. The van der Waals surface area contributed by atoms with Crippen molar-refractivity contribution in [3.63, 3.8) is 0 Å². The lowest BCUT2D eigenvalue weighted by molar-refractivity contribution is 0.102. The average Bonchev–Trinajstić information content (AvgIpc) is 2.86. The summed E-state index contributed by atoms with van der Waals surface area (Å²) in [6.45, 7) is 6.28. The number of nitrogens with one attached hydrogen (secondary N) is 1. The van der Waals surface area contributed by atoms with Crippen LogP contribution in [0.25, 0.3) is 0 Å². The van der Waals surface area contributed by atoms with E-state index in [1.54, 1.807) is 23.9 Å². The topological polar surface area (TPSA) is 54.9 Å². The first kappa shape index (κ1) is 15.0. The zero-order valence-corrected chi connectivity index (χ0v) is 13.3. The van der Waals surface area contributed by atoms with Crippen LogP contribution in [0.2, 0.25) is 0 Å². The third-order valence-electron chi connectivity index (χ3n) is 2.82. The van der Waals surface area contributed by atoms with E-state index < -0.39 is 0 Å². The standard InChI is InChI=1S/C14H17N3OS2/c1-4-10(3)19-14-17-16-13(20-14)15-12(18)11-7-5-9(2)6-8-11/h5-8,10H,4H2,1-3H3,(H,15,16,18). The van der Waals surface area contributed by atoms with Gasteiger partial charge in [-0.1, -0.05) is 54.6 Å². The van der Waals surface area contributed by atoms with Crippen molar-refractivity contribution in [2.45, 2.75) is 36.8 Å². The zero-order chi connectivity index (χ0) is 14.5. The van der Waals surface area contributed by atoms with E-state index in [1.807, 2.05) is 19.1 Å². The van der Waals surface area contributed by atoms with Crippen molar-refractivity contribution in [3.05, 3.63) is 35.4 Å². The van der Waals surface area contributed by atoms with Crippen LogP contribution in [0.4, 0.5) is 5.13 Å². The predicted molar refractivity (Wildman–Crippen MR) is 84.7 cm³/mol. The smallest absolute Gasteiger partial charge is 0.257 e.